The van der Waals surface area contributed by atoms with Gasteiger partial charge in [0.2, 0.25) is 5.89 Å². The van der Waals surface area contributed by atoms with E-state index < -0.39 is 0 Å². The van der Waals surface area contributed by atoms with E-state index in [1.165, 1.54) is 0 Å². The molecule has 0 aromatic carbocycles. The third kappa shape index (κ3) is 2.25. The number of nitrogens with zero attached hydrogens (tertiary/aromatic N) is 2. The molecule has 0 spiro atoms. The summed E-state index contributed by atoms with van der Waals surface area (Å²) in [6.45, 7) is 4.24. The number of thioether (sulfide) groups is 1. The Balaban J connectivity index is 2.18. The molecule has 1 saturated heterocycles. The number of hydrogen-bond acceptors (Lipinski definition) is 5. The Bertz CT molecular complexity index is 334. The van der Waals surface area contributed by atoms with Crippen molar-refractivity contribution in [3.05, 3.63) is 11.7 Å². The Labute approximate surface area is 101 Å². The van der Waals surface area contributed by atoms with Gasteiger partial charge in [0, 0.05) is 6.54 Å². The lowest BCUT2D eigenvalue weighted by Crippen LogP contribution is -2.29. The van der Waals surface area contributed by atoms with Gasteiger partial charge in [0.05, 0.1) is 11.2 Å². The second kappa shape index (κ2) is 5.19. The van der Waals surface area contributed by atoms with Crippen molar-refractivity contribution in [1.29, 1.82) is 0 Å². The van der Waals surface area contributed by atoms with Crippen molar-refractivity contribution in [2.24, 2.45) is 0 Å². The van der Waals surface area contributed by atoms with Gasteiger partial charge in [-0.25, -0.2) is 0 Å². The first-order valence-corrected chi connectivity index (χ1v) is 7.23. The van der Waals surface area contributed by atoms with Gasteiger partial charge >= 0.3 is 0 Å². The lowest BCUT2D eigenvalue weighted by Gasteiger charge is -2.22. The van der Waals surface area contributed by atoms with E-state index in [0.29, 0.717) is 0 Å². The van der Waals surface area contributed by atoms with Crippen LogP contribution >= 0.6 is 11.8 Å². The van der Waals surface area contributed by atoms with E-state index in [9.17, 15) is 0 Å². The first kappa shape index (κ1) is 11.9. The second-order valence-corrected chi connectivity index (χ2v) is 5.27. The van der Waals surface area contributed by atoms with Crippen molar-refractivity contribution in [3.8, 4) is 0 Å². The van der Waals surface area contributed by atoms with Gasteiger partial charge in [0.1, 0.15) is 0 Å². The third-order valence-corrected chi connectivity index (χ3v) is 3.71. The van der Waals surface area contributed by atoms with E-state index in [1.54, 1.807) is 11.8 Å². The molecule has 2 rings (SSSR count). The minimum absolute atomic E-state index is 0.0956. The van der Waals surface area contributed by atoms with Crippen molar-refractivity contribution in [3.63, 3.8) is 0 Å². The number of aromatic nitrogens is 2. The first-order valence-electron chi connectivity index (χ1n) is 5.83. The first-order chi connectivity index (χ1) is 7.80. The molecule has 1 aliphatic rings. The van der Waals surface area contributed by atoms with E-state index >= 15 is 0 Å². The third-order valence-electron chi connectivity index (χ3n) is 3.17. The Morgan fingerprint density at radius 3 is 3.06 bits per heavy atom. The Hall–Kier alpha value is -0.550. The quantitative estimate of drug-likeness (QED) is 0.854. The van der Waals surface area contributed by atoms with Gasteiger partial charge in [-0.2, -0.15) is 16.7 Å². The highest BCUT2D eigenvalue weighted by Gasteiger charge is 2.39. The maximum Gasteiger partial charge on any atom is 0.234 e. The fourth-order valence-electron chi connectivity index (χ4n) is 2.38. The van der Waals surface area contributed by atoms with Crippen LogP contribution in [-0.4, -0.2) is 29.5 Å². The highest BCUT2D eigenvalue weighted by Crippen LogP contribution is 2.34. The maximum absolute atomic E-state index is 5.44. The summed E-state index contributed by atoms with van der Waals surface area (Å²) < 4.78 is 5.44. The predicted octanol–water partition coefficient (Wildman–Crippen LogP) is 1.96. The summed E-state index contributed by atoms with van der Waals surface area (Å²) >= 11 is 1.72. The van der Waals surface area contributed by atoms with E-state index in [-0.39, 0.29) is 5.41 Å². The Kier molecular flexibility index (Phi) is 3.86. The second-order valence-electron chi connectivity index (χ2n) is 4.41. The van der Waals surface area contributed by atoms with Crippen molar-refractivity contribution in [1.82, 2.24) is 15.5 Å². The van der Waals surface area contributed by atoms with Crippen LogP contribution in [0, 0.1) is 0 Å². The summed E-state index contributed by atoms with van der Waals surface area (Å²) in [5, 5.41) is 7.45. The molecule has 16 heavy (non-hydrogen) atoms. The number of rotatable bonds is 5. The topological polar surface area (TPSA) is 51.0 Å². The zero-order chi connectivity index (χ0) is 11.4. The van der Waals surface area contributed by atoms with Gasteiger partial charge < -0.3 is 9.84 Å². The summed E-state index contributed by atoms with van der Waals surface area (Å²) in [4.78, 5) is 4.53. The van der Waals surface area contributed by atoms with Crippen LogP contribution in [0.4, 0.5) is 0 Å². The van der Waals surface area contributed by atoms with Gasteiger partial charge in [0.15, 0.2) is 5.82 Å². The molecule has 0 amide bonds. The molecule has 5 heteroatoms. The Morgan fingerprint density at radius 2 is 2.44 bits per heavy atom. The van der Waals surface area contributed by atoms with Crippen LogP contribution in [0.2, 0.25) is 0 Å². The molecule has 4 nitrogen and oxygen atoms in total. The predicted molar refractivity (Wildman–Crippen MR) is 65.6 cm³/mol. The van der Waals surface area contributed by atoms with Crippen molar-refractivity contribution >= 4 is 11.8 Å². The number of nitrogens with one attached hydrogen (secondary N) is 1. The van der Waals surface area contributed by atoms with E-state index in [4.69, 9.17) is 4.52 Å². The minimum Gasteiger partial charge on any atom is -0.339 e. The standard InChI is InChI=1S/C11H19N3OS/c1-3-4-11(5-6-12-8-11)10-13-9(7-16-2)14-15-10/h12H,3-8H2,1-2H3. The fraction of sp³-hybridized carbons (Fsp3) is 0.818. The average Bonchev–Trinajstić information content (AvgIpc) is 2.88. The van der Waals surface area contributed by atoms with Crippen LogP contribution in [0.25, 0.3) is 0 Å². The maximum atomic E-state index is 5.44. The van der Waals surface area contributed by atoms with E-state index in [1.807, 2.05) is 0 Å². The molecule has 1 N–H and O–H groups in total. The molecule has 1 atom stereocenters. The minimum atomic E-state index is 0.0956. The van der Waals surface area contributed by atoms with Gasteiger partial charge in [-0.05, 0) is 25.6 Å². The molecular weight excluding hydrogens is 222 g/mol. The van der Waals surface area contributed by atoms with Crippen molar-refractivity contribution < 1.29 is 4.52 Å². The largest absolute Gasteiger partial charge is 0.339 e. The summed E-state index contributed by atoms with van der Waals surface area (Å²) in [6, 6.07) is 0. The van der Waals surface area contributed by atoms with Gasteiger partial charge in [0.25, 0.3) is 0 Å². The zero-order valence-electron chi connectivity index (χ0n) is 9.95. The smallest absolute Gasteiger partial charge is 0.234 e. The van der Waals surface area contributed by atoms with Crippen LogP contribution < -0.4 is 5.32 Å². The lowest BCUT2D eigenvalue weighted by molar-refractivity contribution is 0.276. The van der Waals surface area contributed by atoms with Crippen LogP contribution in [-0.2, 0) is 11.2 Å². The molecule has 2 heterocycles. The SMILES string of the molecule is CCCC1(c2nc(CSC)no2)CCNC1. The highest BCUT2D eigenvalue weighted by molar-refractivity contribution is 7.97. The average molecular weight is 241 g/mol. The summed E-state index contributed by atoms with van der Waals surface area (Å²) in [5.41, 5.74) is 0.0956. The fourth-order valence-corrected chi connectivity index (χ4v) is 2.76. The summed E-state index contributed by atoms with van der Waals surface area (Å²) in [6.07, 6.45) is 5.44. The highest BCUT2D eigenvalue weighted by atomic mass is 32.2. The molecule has 0 radical (unpaired) electrons. The molecule has 90 valence electrons. The molecule has 0 saturated carbocycles. The molecule has 1 fully saturated rings. The van der Waals surface area contributed by atoms with Crippen LogP contribution in [0.1, 0.15) is 37.9 Å². The summed E-state index contributed by atoms with van der Waals surface area (Å²) in [7, 11) is 0. The van der Waals surface area contributed by atoms with Crippen molar-refractivity contribution in [2.75, 3.05) is 19.3 Å². The molecule has 1 unspecified atom stereocenters. The molecule has 0 aliphatic carbocycles. The molecule has 1 aromatic rings. The molecule has 0 bridgehead atoms. The zero-order valence-corrected chi connectivity index (χ0v) is 10.8. The van der Waals surface area contributed by atoms with Crippen LogP contribution in [0.3, 0.4) is 0 Å². The lowest BCUT2D eigenvalue weighted by atomic mass is 9.82. The van der Waals surface area contributed by atoms with Crippen LogP contribution in [0.5, 0.6) is 0 Å². The monoisotopic (exact) mass is 241 g/mol. The van der Waals surface area contributed by atoms with Crippen LogP contribution in [0.15, 0.2) is 4.52 Å². The van der Waals surface area contributed by atoms with Crippen molar-refractivity contribution in [2.45, 2.75) is 37.4 Å². The number of hydrogen-bond donors (Lipinski definition) is 1. The normalized spacial score (nSPS) is 25.1. The molecule has 1 aliphatic heterocycles. The van der Waals surface area contributed by atoms with Gasteiger partial charge in [-0.3, -0.25) is 0 Å². The van der Waals surface area contributed by atoms with Gasteiger partial charge in [-0.1, -0.05) is 18.5 Å². The van der Waals surface area contributed by atoms with Gasteiger partial charge in [-0.15, -0.1) is 0 Å². The Morgan fingerprint density at radius 1 is 1.56 bits per heavy atom. The molecule has 1 aromatic heterocycles. The summed E-state index contributed by atoms with van der Waals surface area (Å²) in [5.74, 6) is 2.49. The molecular formula is C11H19N3OS. The van der Waals surface area contributed by atoms with E-state index in [0.717, 1.165) is 49.8 Å². The van der Waals surface area contributed by atoms with E-state index in [2.05, 4.69) is 28.6 Å².